The van der Waals surface area contributed by atoms with E-state index in [1.54, 1.807) is 0 Å². The van der Waals surface area contributed by atoms with Gasteiger partial charge in [-0.25, -0.2) is 8.78 Å². The second kappa shape index (κ2) is 27.7. The second-order valence-corrected chi connectivity index (χ2v) is 12.3. The summed E-state index contributed by atoms with van der Waals surface area (Å²) in [5.74, 6) is -3.12. The Bertz CT molecular complexity index is 713. The number of hydrogen-bond acceptors (Lipinski definition) is 4. The number of aliphatic hydroxyl groups excluding tert-OH is 2. The van der Waals surface area contributed by atoms with Gasteiger partial charge in [-0.05, 0) is 57.1 Å². The number of carbonyl (C=O) groups is 2. The van der Waals surface area contributed by atoms with Gasteiger partial charge in [0.05, 0.1) is 12.1 Å². The van der Waals surface area contributed by atoms with E-state index in [1.807, 2.05) is 0 Å². The fourth-order valence-corrected chi connectivity index (χ4v) is 5.33. The lowest BCUT2D eigenvalue weighted by Crippen LogP contribution is -2.35. The predicted octanol–water partition coefficient (Wildman–Crippen LogP) is 8.41. The maximum atomic E-state index is 14.2. The molecule has 0 spiro atoms. The summed E-state index contributed by atoms with van der Waals surface area (Å²) in [6.45, 7) is 0.586. The molecule has 1 aliphatic carbocycles. The van der Waals surface area contributed by atoms with Gasteiger partial charge in [0.15, 0.2) is 11.7 Å². The summed E-state index contributed by atoms with van der Waals surface area (Å²) in [6.07, 6.45) is 28.9. The number of carbonyl (C=O) groups excluding carboxylic acids is 2. The van der Waals surface area contributed by atoms with Gasteiger partial charge in [0, 0.05) is 13.2 Å². The first-order chi connectivity index (χ1) is 21.0. The molecule has 4 N–H and O–H groups in total. The molecule has 0 bridgehead atoms. The van der Waals surface area contributed by atoms with E-state index >= 15 is 0 Å². The maximum Gasteiger partial charge on any atom is 0.279 e. The molecular weight excluding hydrogens is 550 g/mol. The molecular formula is C35H62F2N2O4. The van der Waals surface area contributed by atoms with Crippen LogP contribution in [0.15, 0.2) is 23.8 Å². The summed E-state index contributed by atoms with van der Waals surface area (Å²) in [4.78, 5) is 24.2. The van der Waals surface area contributed by atoms with Gasteiger partial charge in [-0.3, -0.25) is 9.59 Å². The monoisotopic (exact) mass is 612 g/mol. The van der Waals surface area contributed by atoms with Crippen LogP contribution in [0.1, 0.15) is 161 Å². The number of unbranched alkanes of at least 4 members (excludes halogenated alkanes) is 22. The molecule has 2 amide bonds. The van der Waals surface area contributed by atoms with Crippen molar-refractivity contribution in [3.8, 4) is 0 Å². The van der Waals surface area contributed by atoms with Crippen LogP contribution < -0.4 is 10.6 Å². The first-order valence-electron chi connectivity index (χ1n) is 17.5. The third-order valence-electron chi connectivity index (χ3n) is 8.23. The number of nitrogens with one attached hydrogen (secondary N) is 2. The Morgan fingerprint density at radius 3 is 1.02 bits per heavy atom. The molecule has 0 aromatic carbocycles. The molecule has 1 aliphatic rings. The minimum absolute atomic E-state index is 0.293. The molecule has 0 aromatic rings. The van der Waals surface area contributed by atoms with E-state index in [9.17, 15) is 18.4 Å². The average Bonchev–Trinajstić information content (AvgIpc) is 3.73. The molecule has 1 saturated carbocycles. The van der Waals surface area contributed by atoms with Crippen molar-refractivity contribution >= 4 is 11.8 Å². The number of allylic oxidation sites excluding steroid dienone is 2. The van der Waals surface area contributed by atoms with Crippen molar-refractivity contribution in [1.29, 1.82) is 0 Å². The van der Waals surface area contributed by atoms with Gasteiger partial charge in [0.2, 0.25) is 0 Å². The molecule has 1 rings (SSSR count). The van der Waals surface area contributed by atoms with Gasteiger partial charge in [-0.15, -0.1) is 0 Å². The molecule has 0 radical (unpaired) electrons. The smallest absolute Gasteiger partial charge is 0.279 e. The fraction of sp³-hybridized carbons (Fsp3) is 0.829. The molecule has 0 aliphatic heterocycles. The summed E-state index contributed by atoms with van der Waals surface area (Å²) in [7, 11) is 0. The Kier molecular flexibility index (Phi) is 25.3. The summed E-state index contributed by atoms with van der Waals surface area (Å²) < 4.78 is 28.3. The number of halogens is 2. The highest BCUT2D eigenvalue weighted by molar-refractivity contribution is 5.93. The van der Waals surface area contributed by atoms with Crippen LogP contribution >= 0.6 is 0 Å². The van der Waals surface area contributed by atoms with E-state index in [-0.39, 0.29) is 12.1 Å². The zero-order chi connectivity index (χ0) is 31.4. The summed E-state index contributed by atoms with van der Waals surface area (Å²) in [6, 6.07) is -0.725. The average molecular weight is 613 g/mol. The molecule has 0 heterocycles. The van der Waals surface area contributed by atoms with Crippen molar-refractivity contribution in [2.45, 2.75) is 173 Å². The zero-order valence-corrected chi connectivity index (χ0v) is 26.9. The Labute approximate surface area is 260 Å². The van der Waals surface area contributed by atoms with Gasteiger partial charge >= 0.3 is 0 Å². The molecule has 2 unspecified atom stereocenters. The Morgan fingerprint density at radius 1 is 0.488 bits per heavy atom. The van der Waals surface area contributed by atoms with Crippen LogP contribution in [0.5, 0.6) is 0 Å². The molecule has 43 heavy (non-hydrogen) atoms. The normalized spacial score (nSPS) is 16.8. The van der Waals surface area contributed by atoms with Crippen molar-refractivity contribution < 1.29 is 28.6 Å². The van der Waals surface area contributed by atoms with E-state index in [2.05, 4.69) is 10.6 Å². The molecule has 8 heteroatoms. The van der Waals surface area contributed by atoms with Crippen LogP contribution in [0.2, 0.25) is 0 Å². The molecule has 0 saturated heterocycles. The summed E-state index contributed by atoms with van der Waals surface area (Å²) >= 11 is 0. The molecule has 0 aromatic heterocycles. The van der Waals surface area contributed by atoms with Crippen LogP contribution in [0.25, 0.3) is 0 Å². The van der Waals surface area contributed by atoms with Gasteiger partial charge < -0.3 is 20.8 Å². The number of aliphatic hydroxyl groups is 2. The number of rotatable bonds is 30. The summed E-state index contributed by atoms with van der Waals surface area (Å²) in [5.41, 5.74) is 0. The highest BCUT2D eigenvalue weighted by Crippen LogP contribution is 2.23. The standard InChI is InChI=1S/C35H62F2N2O4/c36-30(25-21-17-13-9-5-1-3-7-11-15-19-23-27-40)34(42)38-32-29-33(32)39-35(43)31(37)26-22-18-14-10-6-2-4-8-12-16-20-24-28-41/h25-26,32-33,40-41H,1-24,27-29H2,(H,38,42)(H,39,43). The minimum atomic E-state index is -0.793. The second-order valence-electron chi connectivity index (χ2n) is 12.3. The fourth-order valence-electron chi connectivity index (χ4n) is 5.33. The van der Waals surface area contributed by atoms with Gasteiger partial charge in [-0.1, -0.05) is 116 Å². The van der Waals surface area contributed by atoms with Crippen LogP contribution in [-0.2, 0) is 9.59 Å². The number of hydrogen-bond donors (Lipinski definition) is 4. The summed E-state index contributed by atoms with van der Waals surface area (Å²) in [5, 5.41) is 22.7. The topological polar surface area (TPSA) is 98.7 Å². The van der Waals surface area contributed by atoms with Crippen molar-refractivity contribution in [3.05, 3.63) is 23.8 Å². The molecule has 2 atom stereocenters. The molecule has 1 fully saturated rings. The maximum absolute atomic E-state index is 14.2. The van der Waals surface area contributed by atoms with Crippen molar-refractivity contribution in [2.75, 3.05) is 13.2 Å². The van der Waals surface area contributed by atoms with Crippen LogP contribution in [-0.4, -0.2) is 47.3 Å². The van der Waals surface area contributed by atoms with Gasteiger partial charge in [0.25, 0.3) is 11.8 Å². The van der Waals surface area contributed by atoms with Gasteiger partial charge in [-0.2, -0.15) is 0 Å². The molecule has 250 valence electrons. The van der Waals surface area contributed by atoms with Crippen molar-refractivity contribution in [2.24, 2.45) is 0 Å². The van der Waals surface area contributed by atoms with E-state index in [4.69, 9.17) is 10.2 Å². The third kappa shape index (κ3) is 23.3. The van der Waals surface area contributed by atoms with E-state index < -0.39 is 23.5 Å². The van der Waals surface area contributed by atoms with Crippen LogP contribution in [0.4, 0.5) is 8.78 Å². The lowest BCUT2D eigenvalue weighted by Gasteiger charge is -2.05. The van der Waals surface area contributed by atoms with Crippen LogP contribution in [0.3, 0.4) is 0 Å². The van der Waals surface area contributed by atoms with Crippen molar-refractivity contribution in [3.63, 3.8) is 0 Å². The Morgan fingerprint density at radius 2 is 0.744 bits per heavy atom. The quantitative estimate of drug-likeness (QED) is 0.0483. The largest absolute Gasteiger partial charge is 0.396 e. The Balaban J connectivity index is 2.00. The van der Waals surface area contributed by atoms with E-state index in [1.165, 1.54) is 89.2 Å². The third-order valence-corrected chi connectivity index (χ3v) is 8.23. The Hall–Kier alpha value is -1.80. The van der Waals surface area contributed by atoms with E-state index in [0.29, 0.717) is 32.5 Å². The minimum Gasteiger partial charge on any atom is -0.396 e. The van der Waals surface area contributed by atoms with Crippen molar-refractivity contribution in [1.82, 2.24) is 10.6 Å². The molecule has 6 nitrogen and oxygen atoms in total. The highest BCUT2D eigenvalue weighted by Gasteiger charge is 2.40. The number of amides is 2. The highest BCUT2D eigenvalue weighted by atomic mass is 19.1. The zero-order valence-electron chi connectivity index (χ0n) is 26.9. The van der Waals surface area contributed by atoms with Gasteiger partial charge in [0.1, 0.15) is 0 Å². The lowest BCUT2D eigenvalue weighted by molar-refractivity contribution is -0.120. The van der Waals surface area contributed by atoms with Crippen LogP contribution in [0, 0.1) is 0 Å². The lowest BCUT2D eigenvalue weighted by atomic mass is 10.1. The van der Waals surface area contributed by atoms with E-state index in [0.717, 1.165) is 64.2 Å². The predicted molar refractivity (Wildman–Crippen MR) is 172 cm³/mol. The first kappa shape index (κ1) is 39.2. The SMILES string of the molecule is O=C(NC1CC1NC(=O)C(F)=CCCCCCCCCCCCCCO)C(F)=CCCCCCCCCCCCCCO. The first-order valence-corrected chi connectivity index (χ1v) is 17.5.